The van der Waals surface area contributed by atoms with E-state index in [4.69, 9.17) is 22.3 Å². The number of nitrogens with zero attached hydrogens (tertiary/aromatic N) is 1. The van der Waals surface area contributed by atoms with E-state index in [0.29, 0.717) is 6.54 Å². The summed E-state index contributed by atoms with van der Waals surface area (Å²) in [5.74, 6) is -1.33. The van der Waals surface area contributed by atoms with Gasteiger partial charge in [-0.05, 0) is 18.1 Å². The minimum Gasteiger partial charge on any atom is -0.341 e. The molecule has 0 spiro atoms. The molecule has 0 aliphatic rings. The predicted octanol–water partition coefficient (Wildman–Crippen LogP) is 3.13. The SMILES string of the molecule is CC(C)CN(C)C(=O)c1cc(S(=O)(=O)Cl)c(Cl)cc1F. The zero-order valence-electron chi connectivity index (χ0n) is 11.2. The van der Waals surface area contributed by atoms with Crippen molar-refractivity contribution in [3.63, 3.8) is 0 Å². The Labute approximate surface area is 126 Å². The maximum Gasteiger partial charge on any atom is 0.262 e. The topological polar surface area (TPSA) is 54.5 Å². The van der Waals surface area contributed by atoms with Gasteiger partial charge in [-0.3, -0.25) is 4.79 Å². The molecule has 1 amide bonds. The number of carbonyl (C=O) groups is 1. The lowest BCUT2D eigenvalue weighted by Gasteiger charge is -2.20. The predicted molar refractivity (Wildman–Crippen MR) is 76.2 cm³/mol. The third-order valence-corrected chi connectivity index (χ3v) is 4.29. The zero-order valence-corrected chi connectivity index (χ0v) is 13.5. The van der Waals surface area contributed by atoms with Crippen LogP contribution in [0.15, 0.2) is 17.0 Å². The molecule has 0 N–H and O–H groups in total. The Bertz CT molecular complexity index is 632. The highest BCUT2D eigenvalue weighted by atomic mass is 35.7. The van der Waals surface area contributed by atoms with Crippen LogP contribution in [0.5, 0.6) is 0 Å². The van der Waals surface area contributed by atoms with Crippen LogP contribution >= 0.6 is 22.3 Å². The first-order valence-corrected chi connectivity index (χ1v) is 8.42. The average molecular weight is 342 g/mol. The lowest BCUT2D eigenvalue weighted by Crippen LogP contribution is -2.31. The first-order chi connectivity index (χ1) is 9.04. The van der Waals surface area contributed by atoms with Crippen LogP contribution in [-0.4, -0.2) is 32.8 Å². The van der Waals surface area contributed by atoms with Gasteiger partial charge in [0.05, 0.1) is 10.6 Å². The van der Waals surface area contributed by atoms with Crippen molar-refractivity contribution in [2.75, 3.05) is 13.6 Å². The molecule has 20 heavy (non-hydrogen) atoms. The van der Waals surface area contributed by atoms with Gasteiger partial charge in [-0.2, -0.15) is 0 Å². The van der Waals surface area contributed by atoms with Gasteiger partial charge in [0.2, 0.25) is 0 Å². The molecule has 0 fully saturated rings. The number of halogens is 3. The van der Waals surface area contributed by atoms with Crippen molar-refractivity contribution in [2.24, 2.45) is 5.92 Å². The zero-order chi connectivity index (χ0) is 15.7. The lowest BCUT2D eigenvalue weighted by molar-refractivity contribution is 0.0774. The van der Waals surface area contributed by atoms with Crippen LogP contribution in [0.3, 0.4) is 0 Å². The molecule has 0 radical (unpaired) electrons. The summed E-state index contributed by atoms with van der Waals surface area (Å²) in [7, 11) is 2.55. The quantitative estimate of drug-likeness (QED) is 0.790. The van der Waals surface area contributed by atoms with Crippen molar-refractivity contribution in [1.82, 2.24) is 4.90 Å². The summed E-state index contributed by atoms with van der Waals surface area (Å²) in [5, 5.41) is -0.361. The number of hydrogen-bond acceptors (Lipinski definition) is 3. The fourth-order valence-corrected chi connectivity index (χ4v) is 3.22. The van der Waals surface area contributed by atoms with Crippen LogP contribution in [0.4, 0.5) is 4.39 Å². The second-order valence-corrected chi connectivity index (χ2v) is 7.72. The number of carbonyl (C=O) groups excluding carboxylic acids is 1. The van der Waals surface area contributed by atoms with Gasteiger partial charge in [0, 0.05) is 24.3 Å². The normalized spacial score (nSPS) is 11.8. The summed E-state index contributed by atoms with van der Waals surface area (Å²) in [6.07, 6.45) is 0. The van der Waals surface area contributed by atoms with E-state index in [-0.39, 0.29) is 16.5 Å². The molecule has 112 valence electrons. The van der Waals surface area contributed by atoms with Crippen molar-refractivity contribution in [2.45, 2.75) is 18.7 Å². The van der Waals surface area contributed by atoms with Gasteiger partial charge >= 0.3 is 0 Å². The molecule has 0 heterocycles. The number of rotatable bonds is 4. The minimum absolute atomic E-state index is 0.190. The van der Waals surface area contributed by atoms with Crippen molar-refractivity contribution < 1.29 is 17.6 Å². The average Bonchev–Trinajstić information content (AvgIpc) is 2.25. The molecule has 0 unspecified atom stereocenters. The summed E-state index contributed by atoms with van der Waals surface area (Å²) in [6, 6.07) is 1.63. The van der Waals surface area contributed by atoms with Crippen LogP contribution in [0.1, 0.15) is 24.2 Å². The molecule has 0 atom stereocenters. The Morgan fingerprint density at radius 3 is 2.40 bits per heavy atom. The molecule has 0 saturated heterocycles. The fraction of sp³-hybridized carbons (Fsp3) is 0.417. The third-order valence-electron chi connectivity index (χ3n) is 2.50. The molecular formula is C12H14Cl2FNO3S. The maximum atomic E-state index is 13.8. The van der Waals surface area contributed by atoms with Gasteiger partial charge in [0.25, 0.3) is 15.0 Å². The highest BCUT2D eigenvalue weighted by molar-refractivity contribution is 8.13. The van der Waals surface area contributed by atoms with Crippen LogP contribution < -0.4 is 0 Å². The molecule has 0 aliphatic heterocycles. The Balaban J connectivity index is 3.29. The molecule has 8 heteroatoms. The van der Waals surface area contributed by atoms with Crippen molar-refractivity contribution >= 4 is 37.2 Å². The number of hydrogen-bond donors (Lipinski definition) is 0. The van der Waals surface area contributed by atoms with E-state index < -0.39 is 25.7 Å². The fourth-order valence-electron chi connectivity index (χ4n) is 1.72. The second kappa shape index (κ2) is 6.28. The van der Waals surface area contributed by atoms with Crippen molar-refractivity contribution in [3.05, 3.63) is 28.5 Å². The second-order valence-electron chi connectivity index (χ2n) is 4.78. The third kappa shape index (κ3) is 4.07. The highest BCUT2D eigenvalue weighted by Crippen LogP contribution is 2.28. The smallest absolute Gasteiger partial charge is 0.262 e. The molecular weight excluding hydrogens is 328 g/mol. The first kappa shape index (κ1) is 17.2. The van der Waals surface area contributed by atoms with E-state index in [0.717, 1.165) is 12.1 Å². The molecule has 4 nitrogen and oxygen atoms in total. The van der Waals surface area contributed by atoms with Gasteiger partial charge < -0.3 is 4.90 Å². The Morgan fingerprint density at radius 2 is 1.95 bits per heavy atom. The van der Waals surface area contributed by atoms with Crippen LogP contribution in [-0.2, 0) is 9.05 Å². The van der Waals surface area contributed by atoms with Gasteiger partial charge in [0.1, 0.15) is 10.7 Å². The van der Waals surface area contributed by atoms with Crippen molar-refractivity contribution in [1.29, 1.82) is 0 Å². The van der Waals surface area contributed by atoms with E-state index in [1.165, 1.54) is 11.9 Å². The van der Waals surface area contributed by atoms with Crippen LogP contribution in [0.25, 0.3) is 0 Å². The first-order valence-electron chi connectivity index (χ1n) is 5.73. The number of benzene rings is 1. The van der Waals surface area contributed by atoms with Gasteiger partial charge in [-0.15, -0.1) is 0 Å². The Kier molecular flexibility index (Phi) is 5.40. The van der Waals surface area contributed by atoms with Crippen molar-refractivity contribution in [3.8, 4) is 0 Å². The standard InChI is InChI=1S/C12H14Cl2FNO3S/c1-7(2)6-16(3)12(17)8-4-11(20(14,18)19)9(13)5-10(8)15/h4-5,7H,6H2,1-3H3. The Hall–Kier alpha value is -0.850. The van der Waals surface area contributed by atoms with E-state index in [9.17, 15) is 17.6 Å². The monoisotopic (exact) mass is 341 g/mol. The molecule has 0 aromatic heterocycles. The summed E-state index contributed by atoms with van der Waals surface area (Å²) in [6.45, 7) is 4.21. The van der Waals surface area contributed by atoms with E-state index in [2.05, 4.69) is 0 Å². The lowest BCUT2D eigenvalue weighted by atomic mass is 10.1. The summed E-state index contributed by atoms with van der Waals surface area (Å²) < 4.78 is 36.4. The molecule has 1 aromatic carbocycles. The summed E-state index contributed by atoms with van der Waals surface area (Å²) in [5.41, 5.74) is -0.378. The van der Waals surface area contributed by atoms with Gasteiger partial charge in [0.15, 0.2) is 0 Å². The minimum atomic E-state index is -4.15. The van der Waals surface area contributed by atoms with E-state index in [1.807, 2.05) is 13.8 Å². The largest absolute Gasteiger partial charge is 0.341 e. The van der Waals surface area contributed by atoms with Crippen LogP contribution in [0, 0.1) is 11.7 Å². The molecule has 0 bridgehead atoms. The summed E-state index contributed by atoms with van der Waals surface area (Å²) >= 11 is 5.63. The maximum absolute atomic E-state index is 13.8. The highest BCUT2D eigenvalue weighted by Gasteiger charge is 2.23. The molecule has 0 saturated carbocycles. The molecule has 1 aromatic rings. The molecule has 0 aliphatic carbocycles. The molecule has 1 rings (SSSR count). The van der Waals surface area contributed by atoms with E-state index >= 15 is 0 Å². The van der Waals surface area contributed by atoms with Gasteiger partial charge in [-0.25, -0.2) is 12.8 Å². The van der Waals surface area contributed by atoms with Gasteiger partial charge in [-0.1, -0.05) is 25.4 Å². The van der Waals surface area contributed by atoms with Crippen LogP contribution in [0.2, 0.25) is 5.02 Å². The Morgan fingerprint density at radius 1 is 1.40 bits per heavy atom. The summed E-state index contributed by atoms with van der Waals surface area (Å²) in [4.78, 5) is 12.9. The van der Waals surface area contributed by atoms with E-state index in [1.54, 1.807) is 0 Å². The number of amides is 1.